The average Bonchev–Trinajstić information content (AvgIpc) is 2.91. The quantitative estimate of drug-likeness (QED) is 0.153. The van der Waals surface area contributed by atoms with E-state index in [1.54, 1.807) is 18.2 Å². The van der Waals surface area contributed by atoms with Gasteiger partial charge in [0.1, 0.15) is 12.2 Å². The largest absolute Gasteiger partial charge is 0.493 e. The molecule has 2 amide bonds. The van der Waals surface area contributed by atoms with Crippen LogP contribution < -0.4 is 19.7 Å². The van der Waals surface area contributed by atoms with E-state index in [0.717, 1.165) is 23.1 Å². The van der Waals surface area contributed by atoms with Crippen molar-refractivity contribution >= 4 is 52.5 Å². The second-order valence-electron chi connectivity index (χ2n) is 8.56. The molecule has 0 aromatic heterocycles. The van der Waals surface area contributed by atoms with Crippen LogP contribution in [0.5, 0.6) is 11.5 Å². The second kappa shape index (κ2) is 12.1. The van der Waals surface area contributed by atoms with Crippen LogP contribution in [-0.4, -0.2) is 24.0 Å². The van der Waals surface area contributed by atoms with Gasteiger partial charge < -0.3 is 9.47 Å². The van der Waals surface area contributed by atoms with Crippen molar-refractivity contribution in [2.75, 3.05) is 12.0 Å². The van der Waals surface area contributed by atoms with Crippen LogP contribution >= 0.6 is 23.8 Å². The van der Waals surface area contributed by atoms with Gasteiger partial charge in [-0.15, -0.1) is 6.58 Å². The number of carbonyl (C=O) groups excluding carboxylic acids is 2. The third-order valence-electron chi connectivity index (χ3n) is 6.08. The highest BCUT2D eigenvalue weighted by Gasteiger charge is 2.34. The SMILES string of the molecule is C=CCc1cc(/C=C2\C(=O)NC(=S)N(c3ccc(CC)cc3)C2=O)cc(OC)c1OCc1ccccc1Cl. The molecule has 4 rings (SSSR count). The van der Waals surface area contributed by atoms with E-state index in [9.17, 15) is 9.59 Å². The van der Waals surface area contributed by atoms with Gasteiger partial charge in [0.2, 0.25) is 0 Å². The van der Waals surface area contributed by atoms with Gasteiger partial charge in [0, 0.05) is 16.1 Å². The Morgan fingerprint density at radius 2 is 1.82 bits per heavy atom. The van der Waals surface area contributed by atoms with Gasteiger partial charge in [-0.2, -0.15) is 0 Å². The van der Waals surface area contributed by atoms with Crippen LogP contribution in [0.15, 0.2) is 78.9 Å². The van der Waals surface area contributed by atoms with E-state index >= 15 is 0 Å². The first-order valence-corrected chi connectivity index (χ1v) is 12.8. The first-order chi connectivity index (χ1) is 18.4. The van der Waals surface area contributed by atoms with Crippen molar-refractivity contribution in [3.8, 4) is 11.5 Å². The smallest absolute Gasteiger partial charge is 0.270 e. The topological polar surface area (TPSA) is 67.9 Å². The molecule has 1 N–H and O–H groups in total. The predicted octanol–water partition coefficient (Wildman–Crippen LogP) is 6.05. The Labute approximate surface area is 232 Å². The van der Waals surface area contributed by atoms with Gasteiger partial charge in [-0.25, -0.2) is 0 Å². The minimum absolute atomic E-state index is 0.0367. The van der Waals surface area contributed by atoms with E-state index < -0.39 is 11.8 Å². The van der Waals surface area contributed by atoms with Crippen LogP contribution in [0.2, 0.25) is 5.02 Å². The first kappa shape index (κ1) is 27.1. The van der Waals surface area contributed by atoms with Gasteiger partial charge in [0.25, 0.3) is 11.8 Å². The third-order valence-corrected chi connectivity index (χ3v) is 6.74. The third kappa shape index (κ3) is 5.79. The van der Waals surface area contributed by atoms with Crippen molar-refractivity contribution in [2.45, 2.75) is 26.4 Å². The highest BCUT2D eigenvalue weighted by molar-refractivity contribution is 7.80. The summed E-state index contributed by atoms with van der Waals surface area (Å²) in [5, 5.41) is 3.27. The molecule has 6 nitrogen and oxygen atoms in total. The maximum absolute atomic E-state index is 13.5. The minimum Gasteiger partial charge on any atom is -0.493 e. The van der Waals surface area contributed by atoms with Gasteiger partial charge in [0.05, 0.1) is 12.8 Å². The molecule has 194 valence electrons. The van der Waals surface area contributed by atoms with Crippen molar-refractivity contribution in [3.05, 3.63) is 106 Å². The molecular weight excluding hydrogens is 520 g/mol. The Hall–Kier alpha value is -3.94. The lowest BCUT2D eigenvalue weighted by Crippen LogP contribution is -2.54. The number of rotatable bonds is 9. The molecule has 1 aliphatic heterocycles. The van der Waals surface area contributed by atoms with E-state index in [2.05, 4.69) is 18.8 Å². The fraction of sp³-hybridized carbons (Fsp3) is 0.167. The number of hydrogen-bond acceptors (Lipinski definition) is 5. The zero-order chi connectivity index (χ0) is 27.2. The molecular formula is C30H27ClN2O4S. The van der Waals surface area contributed by atoms with Gasteiger partial charge >= 0.3 is 0 Å². The second-order valence-corrected chi connectivity index (χ2v) is 9.36. The summed E-state index contributed by atoms with van der Waals surface area (Å²) in [6.07, 6.45) is 4.62. The van der Waals surface area contributed by atoms with Crippen LogP contribution in [0.25, 0.3) is 6.08 Å². The molecule has 0 unspecified atom stereocenters. The minimum atomic E-state index is -0.565. The summed E-state index contributed by atoms with van der Waals surface area (Å²) in [7, 11) is 1.53. The van der Waals surface area contributed by atoms with E-state index in [1.165, 1.54) is 18.1 Å². The first-order valence-electron chi connectivity index (χ1n) is 12.0. The van der Waals surface area contributed by atoms with Crippen LogP contribution in [0.3, 0.4) is 0 Å². The van der Waals surface area contributed by atoms with Crippen molar-refractivity contribution in [2.24, 2.45) is 0 Å². The zero-order valence-electron chi connectivity index (χ0n) is 21.1. The Bertz CT molecular complexity index is 1430. The Morgan fingerprint density at radius 3 is 2.47 bits per heavy atom. The number of ether oxygens (including phenoxy) is 2. The summed E-state index contributed by atoms with van der Waals surface area (Å²) in [5.41, 5.74) is 3.87. The number of nitrogens with one attached hydrogen (secondary N) is 1. The molecule has 1 heterocycles. The lowest BCUT2D eigenvalue weighted by atomic mass is 10.0. The number of nitrogens with zero attached hydrogens (tertiary/aromatic N) is 1. The molecule has 0 atom stereocenters. The fourth-order valence-corrected chi connectivity index (χ4v) is 4.57. The van der Waals surface area contributed by atoms with Crippen molar-refractivity contribution in [1.29, 1.82) is 0 Å². The van der Waals surface area contributed by atoms with Crippen molar-refractivity contribution < 1.29 is 19.1 Å². The number of hydrogen-bond donors (Lipinski definition) is 1. The number of allylic oxidation sites excluding steroid dienone is 1. The molecule has 38 heavy (non-hydrogen) atoms. The normalized spacial score (nSPS) is 14.4. The number of carbonyl (C=O) groups is 2. The summed E-state index contributed by atoms with van der Waals surface area (Å²) in [6, 6.07) is 18.5. The maximum atomic E-state index is 13.5. The number of benzene rings is 3. The highest BCUT2D eigenvalue weighted by atomic mass is 35.5. The van der Waals surface area contributed by atoms with Gasteiger partial charge in [0.15, 0.2) is 16.6 Å². The van der Waals surface area contributed by atoms with E-state index in [-0.39, 0.29) is 17.3 Å². The Kier molecular flexibility index (Phi) is 8.61. The molecule has 0 bridgehead atoms. The van der Waals surface area contributed by atoms with E-state index in [4.69, 9.17) is 33.3 Å². The number of thiocarbonyl (C=S) groups is 1. The highest BCUT2D eigenvalue weighted by Crippen LogP contribution is 2.36. The molecule has 8 heteroatoms. The molecule has 1 saturated heterocycles. The fourth-order valence-electron chi connectivity index (χ4n) is 4.09. The molecule has 0 radical (unpaired) electrons. The average molecular weight is 547 g/mol. The number of aryl methyl sites for hydroxylation is 1. The van der Waals surface area contributed by atoms with Crippen molar-refractivity contribution in [1.82, 2.24) is 5.32 Å². The van der Waals surface area contributed by atoms with Crippen molar-refractivity contribution in [3.63, 3.8) is 0 Å². The Morgan fingerprint density at radius 1 is 1.08 bits per heavy atom. The lowest BCUT2D eigenvalue weighted by molar-refractivity contribution is -0.122. The van der Waals surface area contributed by atoms with Crippen LogP contribution in [-0.2, 0) is 29.0 Å². The van der Waals surface area contributed by atoms with E-state index in [0.29, 0.717) is 34.2 Å². The van der Waals surface area contributed by atoms with Gasteiger partial charge in [-0.05, 0) is 72.6 Å². The number of halogens is 1. The van der Waals surface area contributed by atoms with Crippen LogP contribution in [0.4, 0.5) is 5.69 Å². The summed E-state index contributed by atoms with van der Waals surface area (Å²) in [6.45, 7) is 6.14. The van der Waals surface area contributed by atoms with Crippen LogP contribution in [0.1, 0.15) is 29.2 Å². The number of anilines is 1. The summed E-state index contributed by atoms with van der Waals surface area (Å²) < 4.78 is 11.7. The lowest BCUT2D eigenvalue weighted by Gasteiger charge is -2.29. The van der Waals surface area contributed by atoms with Gasteiger partial charge in [-0.1, -0.05) is 54.9 Å². The van der Waals surface area contributed by atoms with Gasteiger partial charge in [-0.3, -0.25) is 19.8 Å². The maximum Gasteiger partial charge on any atom is 0.270 e. The molecule has 0 aliphatic carbocycles. The van der Waals surface area contributed by atoms with Crippen LogP contribution in [0, 0.1) is 0 Å². The monoisotopic (exact) mass is 546 g/mol. The predicted molar refractivity (Wildman–Crippen MR) is 155 cm³/mol. The number of amides is 2. The molecule has 0 saturated carbocycles. The molecule has 1 aliphatic rings. The molecule has 3 aromatic carbocycles. The number of methoxy groups -OCH3 is 1. The molecule has 0 spiro atoms. The summed E-state index contributed by atoms with van der Waals surface area (Å²) >= 11 is 11.6. The molecule has 1 fully saturated rings. The van der Waals surface area contributed by atoms with E-state index in [1.807, 2.05) is 48.5 Å². The summed E-state index contributed by atoms with van der Waals surface area (Å²) in [5.74, 6) is -0.0850. The molecule has 3 aromatic rings. The summed E-state index contributed by atoms with van der Waals surface area (Å²) in [4.78, 5) is 27.6. The standard InChI is InChI=1S/C30H27ClN2O4S/c1-4-8-21-15-20(17-26(36-3)27(21)37-18-22-9-6-7-10-25(22)31)16-24-28(34)32-30(38)33(29(24)35)23-13-11-19(5-2)12-14-23/h4,6-7,9-17H,1,5,8,18H2,2-3H3,(H,32,34,38)/b24-16+. The Balaban J connectivity index is 1.69. The zero-order valence-corrected chi connectivity index (χ0v) is 22.7.